The highest BCUT2D eigenvalue weighted by Crippen LogP contribution is 2.12. The molecular formula is C9H12F2N2. The molecule has 0 aliphatic carbocycles. The number of rotatable bonds is 3. The second kappa shape index (κ2) is 4.28. The fraction of sp³-hybridized carbons (Fsp3) is 0.444. The fourth-order valence-electron chi connectivity index (χ4n) is 1.05. The van der Waals surface area contributed by atoms with Crippen LogP contribution in [0.5, 0.6) is 0 Å². The summed E-state index contributed by atoms with van der Waals surface area (Å²) >= 11 is 0. The Hall–Kier alpha value is -1.03. The molecule has 13 heavy (non-hydrogen) atoms. The molecule has 2 nitrogen and oxygen atoms in total. The van der Waals surface area contributed by atoms with Crippen LogP contribution in [0.3, 0.4) is 0 Å². The van der Waals surface area contributed by atoms with Crippen molar-refractivity contribution < 1.29 is 8.78 Å². The Morgan fingerprint density at radius 3 is 2.38 bits per heavy atom. The molecule has 0 aromatic carbocycles. The lowest BCUT2D eigenvalue weighted by Gasteiger charge is -2.06. The van der Waals surface area contributed by atoms with E-state index < -0.39 is 11.6 Å². The van der Waals surface area contributed by atoms with Crippen LogP contribution in [0, 0.1) is 11.6 Å². The molecule has 1 rings (SSSR count). The molecule has 0 aliphatic heterocycles. The van der Waals surface area contributed by atoms with Crippen LogP contribution in [0.25, 0.3) is 0 Å². The van der Waals surface area contributed by atoms with Gasteiger partial charge in [0.15, 0.2) is 0 Å². The highest BCUT2D eigenvalue weighted by atomic mass is 19.1. The Bertz CT molecular complexity index is 267. The van der Waals surface area contributed by atoms with Gasteiger partial charge < -0.3 is 5.73 Å². The molecule has 0 radical (unpaired) electrons. The van der Waals surface area contributed by atoms with Gasteiger partial charge in [-0.15, -0.1) is 0 Å². The lowest BCUT2D eigenvalue weighted by atomic mass is 10.1. The molecule has 0 unspecified atom stereocenters. The summed E-state index contributed by atoms with van der Waals surface area (Å²) in [6.45, 7) is 1.80. The average Bonchev–Trinajstić information content (AvgIpc) is 2.03. The van der Waals surface area contributed by atoms with Crippen LogP contribution in [-0.2, 0) is 6.42 Å². The molecule has 0 saturated heterocycles. The van der Waals surface area contributed by atoms with E-state index in [1.807, 2.05) is 0 Å². The molecule has 0 bridgehead atoms. The third-order valence-corrected chi connectivity index (χ3v) is 1.80. The van der Waals surface area contributed by atoms with Gasteiger partial charge in [-0.05, 0) is 19.8 Å². The predicted octanol–water partition coefficient (Wildman–Crippen LogP) is 1.64. The summed E-state index contributed by atoms with van der Waals surface area (Å²) in [6.07, 6.45) is 2.91. The van der Waals surface area contributed by atoms with Gasteiger partial charge in [0.1, 0.15) is 11.6 Å². The standard InChI is InChI=1S/C9H12F2N2/c1-6(12)2-3-7-8(10)4-13-5-9(7)11/h4-6H,2-3,12H2,1H3/t6-/m1/s1. The molecular weight excluding hydrogens is 174 g/mol. The van der Waals surface area contributed by atoms with Crippen molar-refractivity contribution in [2.45, 2.75) is 25.8 Å². The maximum absolute atomic E-state index is 13.0. The molecule has 1 heterocycles. The van der Waals surface area contributed by atoms with Crippen LogP contribution in [0.4, 0.5) is 8.78 Å². The lowest BCUT2D eigenvalue weighted by molar-refractivity contribution is 0.532. The Balaban J connectivity index is 2.75. The van der Waals surface area contributed by atoms with Gasteiger partial charge in [0.05, 0.1) is 12.4 Å². The molecule has 1 aromatic heterocycles. The van der Waals surface area contributed by atoms with Gasteiger partial charge in [-0.1, -0.05) is 0 Å². The Kier molecular flexibility index (Phi) is 3.31. The maximum Gasteiger partial charge on any atom is 0.147 e. The number of nitrogens with zero attached hydrogens (tertiary/aromatic N) is 1. The van der Waals surface area contributed by atoms with Gasteiger partial charge >= 0.3 is 0 Å². The number of hydrogen-bond acceptors (Lipinski definition) is 2. The van der Waals surface area contributed by atoms with Gasteiger partial charge in [0.2, 0.25) is 0 Å². The van der Waals surface area contributed by atoms with Crippen LogP contribution in [0.15, 0.2) is 12.4 Å². The van der Waals surface area contributed by atoms with E-state index >= 15 is 0 Å². The first-order valence-electron chi connectivity index (χ1n) is 4.14. The second-order valence-corrected chi connectivity index (χ2v) is 3.10. The van der Waals surface area contributed by atoms with Crippen LogP contribution >= 0.6 is 0 Å². The van der Waals surface area contributed by atoms with Crippen LogP contribution in [0.2, 0.25) is 0 Å². The largest absolute Gasteiger partial charge is 0.328 e. The van der Waals surface area contributed by atoms with Gasteiger partial charge in [0.25, 0.3) is 0 Å². The maximum atomic E-state index is 13.0. The molecule has 0 saturated carbocycles. The zero-order valence-electron chi connectivity index (χ0n) is 7.43. The Morgan fingerprint density at radius 1 is 1.38 bits per heavy atom. The van der Waals surface area contributed by atoms with E-state index in [9.17, 15) is 8.78 Å². The number of nitrogens with two attached hydrogens (primary N) is 1. The monoisotopic (exact) mass is 186 g/mol. The third kappa shape index (κ3) is 2.73. The van der Waals surface area contributed by atoms with Gasteiger partial charge in [0, 0.05) is 11.6 Å². The van der Waals surface area contributed by atoms with E-state index in [1.165, 1.54) is 0 Å². The topological polar surface area (TPSA) is 38.9 Å². The van der Waals surface area contributed by atoms with E-state index in [4.69, 9.17) is 5.73 Å². The second-order valence-electron chi connectivity index (χ2n) is 3.10. The third-order valence-electron chi connectivity index (χ3n) is 1.80. The summed E-state index contributed by atoms with van der Waals surface area (Å²) in [7, 11) is 0. The highest BCUT2D eigenvalue weighted by Gasteiger charge is 2.09. The van der Waals surface area contributed by atoms with Crippen molar-refractivity contribution in [3.05, 3.63) is 29.6 Å². The zero-order valence-corrected chi connectivity index (χ0v) is 7.43. The van der Waals surface area contributed by atoms with Crippen molar-refractivity contribution in [3.8, 4) is 0 Å². The molecule has 0 fully saturated rings. The molecule has 1 aromatic rings. The van der Waals surface area contributed by atoms with E-state index in [-0.39, 0.29) is 11.6 Å². The summed E-state index contributed by atoms with van der Waals surface area (Å²) < 4.78 is 25.9. The molecule has 0 aliphatic rings. The van der Waals surface area contributed by atoms with Crippen molar-refractivity contribution in [1.29, 1.82) is 0 Å². The lowest BCUT2D eigenvalue weighted by Crippen LogP contribution is -2.16. The minimum atomic E-state index is -0.597. The van der Waals surface area contributed by atoms with Crippen LogP contribution < -0.4 is 5.73 Å². The first-order chi connectivity index (χ1) is 6.11. The molecule has 0 amide bonds. The smallest absolute Gasteiger partial charge is 0.147 e. The molecule has 72 valence electrons. The van der Waals surface area contributed by atoms with Crippen molar-refractivity contribution in [3.63, 3.8) is 0 Å². The average molecular weight is 186 g/mol. The van der Waals surface area contributed by atoms with Crippen LogP contribution in [0.1, 0.15) is 18.9 Å². The summed E-state index contributed by atoms with van der Waals surface area (Å²) in [6, 6.07) is -0.0491. The van der Waals surface area contributed by atoms with E-state index in [2.05, 4.69) is 4.98 Å². The van der Waals surface area contributed by atoms with Crippen molar-refractivity contribution >= 4 is 0 Å². The van der Waals surface area contributed by atoms with Crippen molar-refractivity contribution in [2.75, 3.05) is 0 Å². The zero-order chi connectivity index (χ0) is 9.84. The van der Waals surface area contributed by atoms with Crippen LogP contribution in [-0.4, -0.2) is 11.0 Å². The fourth-order valence-corrected chi connectivity index (χ4v) is 1.05. The Labute approximate surface area is 75.8 Å². The summed E-state index contributed by atoms with van der Waals surface area (Å²) in [4.78, 5) is 3.39. The predicted molar refractivity (Wildman–Crippen MR) is 46.1 cm³/mol. The number of pyridine rings is 1. The molecule has 0 spiro atoms. The quantitative estimate of drug-likeness (QED) is 0.779. The molecule has 1 atom stereocenters. The highest BCUT2D eigenvalue weighted by molar-refractivity contribution is 5.15. The van der Waals surface area contributed by atoms with Crippen molar-refractivity contribution in [2.24, 2.45) is 5.73 Å². The minimum absolute atomic E-state index is 0.0491. The summed E-state index contributed by atoms with van der Waals surface area (Å²) in [5, 5.41) is 0. The number of halogens is 2. The van der Waals surface area contributed by atoms with Gasteiger partial charge in [-0.2, -0.15) is 0 Å². The first-order valence-corrected chi connectivity index (χ1v) is 4.14. The van der Waals surface area contributed by atoms with E-state index in [1.54, 1.807) is 6.92 Å². The molecule has 4 heteroatoms. The normalized spacial score (nSPS) is 12.9. The van der Waals surface area contributed by atoms with Gasteiger partial charge in [-0.3, -0.25) is 4.98 Å². The minimum Gasteiger partial charge on any atom is -0.328 e. The number of aromatic nitrogens is 1. The van der Waals surface area contributed by atoms with E-state index in [0.717, 1.165) is 12.4 Å². The molecule has 2 N–H and O–H groups in total. The van der Waals surface area contributed by atoms with Gasteiger partial charge in [-0.25, -0.2) is 8.78 Å². The van der Waals surface area contributed by atoms with E-state index in [0.29, 0.717) is 12.8 Å². The summed E-state index contributed by atoms with van der Waals surface area (Å²) in [5.41, 5.74) is 5.56. The summed E-state index contributed by atoms with van der Waals surface area (Å²) in [5.74, 6) is -1.19. The Morgan fingerprint density at radius 2 is 1.92 bits per heavy atom. The van der Waals surface area contributed by atoms with Crippen molar-refractivity contribution in [1.82, 2.24) is 4.98 Å². The SMILES string of the molecule is C[C@@H](N)CCc1c(F)cncc1F. The first kappa shape index (κ1) is 10.1. The number of hydrogen-bond donors (Lipinski definition) is 1.